The highest BCUT2D eigenvalue weighted by molar-refractivity contribution is 5.46. The van der Waals surface area contributed by atoms with E-state index >= 15 is 0 Å². The molecule has 0 amide bonds. The average Bonchev–Trinajstić information content (AvgIpc) is 2.06. The van der Waals surface area contributed by atoms with Gasteiger partial charge in [0.25, 0.3) is 0 Å². The van der Waals surface area contributed by atoms with Crippen LogP contribution >= 0.6 is 0 Å². The summed E-state index contributed by atoms with van der Waals surface area (Å²) in [6, 6.07) is 1.44. The topological polar surface area (TPSA) is 110 Å². The Morgan fingerprint density at radius 3 is 2.00 bits per heavy atom. The molecule has 0 saturated carbocycles. The Balaban J connectivity index is 3.11. The van der Waals surface area contributed by atoms with Crippen molar-refractivity contribution in [1.82, 2.24) is 4.98 Å². The smallest absolute Gasteiger partial charge is 0.0563 e. The van der Waals surface area contributed by atoms with Gasteiger partial charge >= 0.3 is 0 Å². The quantitative estimate of drug-likeness (QED) is 0.370. The lowest BCUT2D eigenvalue weighted by Crippen LogP contribution is -1.68. The predicted octanol–water partition coefficient (Wildman–Crippen LogP) is 2.97. The second-order valence-corrected chi connectivity index (χ2v) is 1.78. The van der Waals surface area contributed by atoms with Gasteiger partial charge in [-0.2, -0.15) is 0 Å². The summed E-state index contributed by atoms with van der Waals surface area (Å²) in [5, 5.41) is 6.57. The zero-order valence-corrected chi connectivity index (χ0v) is 5.86. The van der Waals surface area contributed by atoms with Crippen molar-refractivity contribution >= 4 is 11.4 Å². The molecule has 0 aliphatic heterocycles. The number of hydrogen-bond donors (Lipinski definition) is 0. The summed E-state index contributed by atoms with van der Waals surface area (Å²) in [6.07, 6.45) is 2.74. The fraction of sp³-hybridized carbons (Fsp3) is 0. The van der Waals surface area contributed by atoms with E-state index in [2.05, 4.69) is 25.0 Å². The van der Waals surface area contributed by atoms with Crippen LogP contribution in [0.4, 0.5) is 11.4 Å². The van der Waals surface area contributed by atoms with Crippen molar-refractivity contribution in [2.24, 2.45) is 10.2 Å². The Hall–Kier alpha value is -2.23. The van der Waals surface area contributed by atoms with Crippen molar-refractivity contribution in [2.45, 2.75) is 0 Å². The first kappa shape index (κ1) is 7.87. The molecule has 0 N–H and O–H groups in total. The number of pyridine rings is 1. The third kappa shape index (κ3) is 1.88. The van der Waals surface area contributed by atoms with E-state index in [1.165, 1.54) is 18.5 Å². The number of rotatable bonds is 2. The van der Waals surface area contributed by atoms with E-state index in [4.69, 9.17) is 11.1 Å². The molecule has 0 atom stereocenters. The molecule has 0 fully saturated rings. The second kappa shape index (κ2) is 3.82. The van der Waals surface area contributed by atoms with Gasteiger partial charge in [-0.1, -0.05) is 10.2 Å². The highest BCUT2D eigenvalue weighted by atomic mass is 15.2. The largest absolute Gasteiger partial charge is 0.264 e. The van der Waals surface area contributed by atoms with Crippen molar-refractivity contribution in [2.75, 3.05) is 0 Å². The summed E-state index contributed by atoms with van der Waals surface area (Å²) in [4.78, 5) is 8.81. The standard InChI is InChI=1S/C5H3N7/c6-11-9-4-1-5(10-12-7)3-8-2-4/h1-3H. The number of azide groups is 2. The highest BCUT2D eigenvalue weighted by Gasteiger charge is 1.90. The highest BCUT2D eigenvalue weighted by Crippen LogP contribution is 2.18. The Morgan fingerprint density at radius 1 is 1.08 bits per heavy atom. The summed E-state index contributed by atoms with van der Waals surface area (Å²) in [5.74, 6) is 0. The Morgan fingerprint density at radius 2 is 1.58 bits per heavy atom. The summed E-state index contributed by atoms with van der Waals surface area (Å²) in [6.45, 7) is 0. The maximum absolute atomic E-state index is 8.07. The lowest BCUT2D eigenvalue weighted by molar-refractivity contribution is 1.27. The van der Waals surface area contributed by atoms with Crippen molar-refractivity contribution in [3.05, 3.63) is 39.3 Å². The Kier molecular flexibility index (Phi) is 2.51. The molecule has 0 saturated heterocycles. The van der Waals surface area contributed by atoms with Crippen LogP contribution in [-0.4, -0.2) is 4.98 Å². The van der Waals surface area contributed by atoms with E-state index in [-0.39, 0.29) is 0 Å². The first-order chi connectivity index (χ1) is 5.86. The molecule has 0 unspecified atom stereocenters. The van der Waals surface area contributed by atoms with Crippen LogP contribution in [0.3, 0.4) is 0 Å². The molecule has 1 aromatic rings. The third-order valence-electron chi connectivity index (χ3n) is 1.03. The lowest BCUT2D eigenvalue weighted by atomic mass is 10.4. The van der Waals surface area contributed by atoms with Gasteiger partial charge in [0, 0.05) is 22.2 Å². The van der Waals surface area contributed by atoms with Gasteiger partial charge in [0.2, 0.25) is 0 Å². The van der Waals surface area contributed by atoms with Crippen LogP contribution in [0.5, 0.6) is 0 Å². The van der Waals surface area contributed by atoms with Crippen LogP contribution in [-0.2, 0) is 0 Å². The Labute approximate surface area is 66.9 Å². The summed E-state index contributed by atoms with van der Waals surface area (Å²) < 4.78 is 0. The first-order valence-corrected chi connectivity index (χ1v) is 2.92. The number of aromatic nitrogens is 1. The van der Waals surface area contributed by atoms with Gasteiger partial charge < -0.3 is 0 Å². The lowest BCUT2D eigenvalue weighted by Gasteiger charge is -1.90. The van der Waals surface area contributed by atoms with Gasteiger partial charge in [-0.05, 0) is 17.1 Å². The molecule has 0 spiro atoms. The van der Waals surface area contributed by atoms with Crippen molar-refractivity contribution < 1.29 is 0 Å². The third-order valence-corrected chi connectivity index (χ3v) is 1.03. The fourth-order valence-electron chi connectivity index (χ4n) is 0.629. The van der Waals surface area contributed by atoms with Gasteiger partial charge in [-0.3, -0.25) is 4.98 Å². The van der Waals surface area contributed by atoms with Crippen LogP contribution in [0.1, 0.15) is 0 Å². The van der Waals surface area contributed by atoms with Crippen molar-refractivity contribution in [1.29, 1.82) is 0 Å². The monoisotopic (exact) mass is 161 g/mol. The minimum Gasteiger partial charge on any atom is -0.264 e. The Bertz CT molecular complexity index is 338. The minimum atomic E-state index is 0.322. The minimum absolute atomic E-state index is 0.322. The number of nitrogens with zero attached hydrogens (tertiary/aromatic N) is 7. The molecule has 58 valence electrons. The summed E-state index contributed by atoms with van der Waals surface area (Å²) in [5.41, 5.74) is 16.8. The average molecular weight is 161 g/mol. The maximum atomic E-state index is 8.07. The summed E-state index contributed by atoms with van der Waals surface area (Å²) >= 11 is 0. The maximum Gasteiger partial charge on any atom is 0.0563 e. The molecule has 1 heterocycles. The molecule has 12 heavy (non-hydrogen) atoms. The van der Waals surface area contributed by atoms with Crippen LogP contribution in [0.2, 0.25) is 0 Å². The molecule has 7 nitrogen and oxygen atoms in total. The van der Waals surface area contributed by atoms with Gasteiger partial charge in [0.1, 0.15) is 0 Å². The van der Waals surface area contributed by atoms with Crippen LogP contribution in [0.25, 0.3) is 20.9 Å². The molecule has 1 rings (SSSR count). The summed E-state index contributed by atoms with van der Waals surface area (Å²) in [7, 11) is 0. The number of hydrogen-bond acceptors (Lipinski definition) is 3. The molecular weight excluding hydrogens is 158 g/mol. The van der Waals surface area contributed by atoms with E-state index in [1.807, 2.05) is 0 Å². The van der Waals surface area contributed by atoms with Gasteiger partial charge in [0.15, 0.2) is 0 Å². The van der Waals surface area contributed by atoms with Gasteiger partial charge in [-0.15, -0.1) is 0 Å². The van der Waals surface area contributed by atoms with Crippen molar-refractivity contribution in [3.63, 3.8) is 0 Å². The molecule has 0 aliphatic rings. The molecule has 7 heteroatoms. The zero-order chi connectivity index (χ0) is 8.81. The molecule has 0 bridgehead atoms. The molecule has 1 aromatic heterocycles. The van der Waals surface area contributed by atoms with E-state index in [0.29, 0.717) is 11.4 Å². The molecule has 0 aliphatic carbocycles. The molecular formula is C5H3N7. The van der Waals surface area contributed by atoms with Gasteiger partial charge in [-0.25, -0.2) is 0 Å². The van der Waals surface area contributed by atoms with Crippen molar-refractivity contribution in [3.8, 4) is 0 Å². The van der Waals surface area contributed by atoms with E-state index in [1.54, 1.807) is 0 Å². The van der Waals surface area contributed by atoms with Crippen LogP contribution in [0, 0.1) is 0 Å². The molecule has 0 aromatic carbocycles. The normalized spacial score (nSPS) is 8.00. The van der Waals surface area contributed by atoms with E-state index in [0.717, 1.165) is 0 Å². The predicted molar refractivity (Wildman–Crippen MR) is 41.8 cm³/mol. The van der Waals surface area contributed by atoms with Crippen LogP contribution in [0.15, 0.2) is 28.7 Å². The fourth-order valence-corrected chi connectivity index (χ4v) is 0.629. The SMILES string of the molecule is [N-]=[N+]=Nc1cncc(N=[N+]=[N-])c1. The zero-order valence-electron chi connectivity index (χ0n) is 5.86. The molecule has 0 radical (unpaired) electrons. The van der Waals surface area contributed by atoms with E-state index in [9.17, 15) is 0 Å². The first-order valence-electron chi connectivity index (χ1n) is 2.92. The van der Waals surface area contributed by atoms with Crippen LogP contribution < -0.4 is 0 Å². The van der Waals surface area contributed by atoms with E-state index < -0.39 is 0 Å². The van der Waals surface area contributed by atoms with Gasteiger partial charge in [0.05, 0.1) is 11.4 Å². The second-order valence-electron chi connectivity index (χ2n) is 1.78.